The molecule has 1 aliphatic rings. The number of ether oxygens (including phenoxy) is 1. The number of hydrogen-bond acceptors (Lipinski definition) is 5. The highest BCUT2D eigenvalue weighted by atomic mass is 16.5. The number of para-hydroxylation sites is 1. The lowest BCUT2D eigenvalue weighted by Crippen LogP contribution is -2.44. The molecular weight excluding hydrogens is 432 g/mol. The van der Waals surface area contributed by atoms with E-state index in [-0.39, 0.29) is 24.5 Å². The molecule has 0 bridgehead atoms. The molecule has 1 amide bonds. The Morgan fingerprint density at radius 2 is 1.88 bits per heavy atom. The smallest absolute Gasteiger partial charge is 0.297 e. The van der Waals surface area contributed by atoms with Crippen molar-refractivity contribution in [3.63, 3.8) is 0 Å². The Balaban J connectivity index is 1.69. The lowest BCUT2D eigenvalue weighted by molar-refractivity contribution is -0.139. The van der Waals surface area contributed by atoms with Crippen LogP contribution in [-0.4, -0.2) is 34.4 Å². The first-order valence-electron chi connectivity index (χ1n) is 11.2. The van der Waals surface area contributed by atoms with Crippen molar-refractivity contribution in [2.45, 2.75) is 25.5 Å². The number of rotatable bonds is 8. The summed E-state index contributed by atoms with van der Waals surface area (Å²) in [4.78, 5) is 27.8. The molecule has 2 N–H and O–H groups in total. The summed E-state index contributed by atoms with van der Waals surface area (Å²) in [7, 11) is 1.45. The van der Waals surface area contributed by atoms with E-state index in [1.807, 2.05) is 36.4 Å². The summed E-state index contributed by atoms with van der Waals surface area (Å²) in [6.07, 6.45) is 5.66. The Morgan fingerprint density at radius 1 is 1.09 bits per heavy atom. The molecule has 0 radical (unpaired) electrons. The van der Waals surface area contributed by atoms with Crippen molar-refractivity contribution in [1.82, 2.24) is 4.57 Å². The number of aliphatic hydroxyl groups excluding tert-OH is 1. The van der Waals surface area contributed by atoms with E-state index >= 15 is 0 Å². The minimum Gasteiger partial charge on any atom is -0.491 e. The lowest BCUT2D eigenvalue weighted by atomic mass is 9.83. The van der Waals surface area contributed by atoms with Gasteiger partial charge in [-0.1, -0.05) is 49.4 Å². The average Bonchev–Trinajstić information content (AvgIpc) is 3.07. The molecule has 0 aliphatic carbocycles. The first-order valence-corrected chi connectivity index (χ1v) is 11.2. The van der Waals surface area contributed by atoms with Crippen LogP contribution in [0.3, 0.4) is 0 Å². The molecule has 0 fully saturated rings. The van der Waals surface area contributed by atoms with Gasteiger partial charge in [0.2, 0.25) is 0 Å². The van der Waals surface area contributed by atoms with E-state index < -0.39 is 17.4 Å². The zero-order valence-electron chi connectivity index (χ0n) is 19.2. The first-order chi connectivity index (χ1) is 16.4. The monoisotopic (exact) mass is 460 g/mol. The topological polar surface area (TPSA) is 92.0 Å². The number of methoxy groups -OCH3 is 1. The van der Waals surface area contributed by atoms with E-state index in [0.717, 1.165) is 5.56 Å². The van der Waals surface area contributed by atoms with E-state index in [2.05, 4.69) is 0 Å². The fraction of sp³-hybridized carbons (Fsp3) is 0.259. The van der Waals surface area contributed by atoms with Gasteiger partial charge in [-0.05, 0) is 42.3 Å². The summed E-state index contributed by atoms with van der Waals surface area (Å²) in [6, 6.07) is 18.0. The molecule has 0 spiro atoms. The third-order valence-electron chi connectivity index (χ3n) is 6.22. The molecule has 2 atom stereocenters. The average molecular weight is 461 g/mol. The summed E-state index contributed by atoms with van der Waals surface area (Å²) in [5, 5.41) is 20.6. The molecule has 0 saturated heterocycles. The van der Waals surface area contributed by atoms with Crippen LogP contribution in [0.25, 0.3) is 5.69 Å². The number of benzene rings is 2. The van der Waals surface area contributed by atoms with Gasteiger partial charge in [-0.3, -0.25) is 14.2 Å². The number of aromatic nitrogens is 1. The zero-order valence-corrected chi connectivity index (χ0v) is 19.2. The van der Waals surface area contributed by atoms with E-state index in [1.165, 1.54) is 11.7 Å². The van der Waals surface area contributed by atoms with E-state index in [0.29, 0.717) is 23.4 Å². The van der Waals surface area contributed by atoms with Gasteiger partial charge >= 0.3 is 0 Å². The van der Waals surface area contributed by atoms with Gasteiger partial charge in [0.15, 0.2) is 11.4 Å². The number of carbonyl (C=O) groups excluding carboxylic acids is 1. The number of nitrogens with zero attached hydrogens (tertiary/aromatic N) is 2. The van der Waals surface area contributed by atoms with Gasteiger partial charge < -0.3 is 19.8 Å². The molecule has 0 saturated carbocycles. The van der Waals surface area contributed by atoms with Gasteiger partial charge in [0.05, 0.1) is 19.3 Å². The van der Waals surface area contributed by atoms with Crippen LogP contribution in [0, 0.1) is 5.92 Å². The van der Waals surface area contributed by atoms with E-state index in [9.17, 15) is 14.7 Å². The number of pyridine rings is 1. The zero-order chi connectivity index (χ0) is 24.3. The van der Waals surface area contributed by atoms with Crippen LogP contribution in [0.2, 0.25) is 0 Å². The van der Waals surface area contributed by atoms with Gasteiger partial charge in [-0.15, -0.1) is 0 Å². The highest BCUT2D eigenvalue weighted by Crippen LogP contribution is 2.45. The molecule has 7 nitrogen and oxygen atoms in total. The molecular formula is C27H28N2O5. The van der Waals surface area contributed by atoms with Crippen LogP contribution in [0.15, 0.2) is 83.8 Å². The summed E-state index contributed by atoms with van der Waals surface area (Å²) in [5.41, 5.74) is 0.689. The Morgan fingerprint density at radius 3 is 2.65 bits per heavy atom. The predicted molar refractivity (Wildman–Crippen MR) is 130 cm³/mol. The first kappa shape index (κ1) is 23.5. The standard InChI is InChI=1S/C27H28N2O5/c1-19(9-5-6-16-30)27(33)22-12-3-4-13-23(22)29(26(27)32)18-20-10-7-11-21(17-20)28-15-8-14-24(34-2)25(28)31/h3-5,7-15,17,19,30,33H,6,16,18H2,1-2H3/b9-5+/t19-,27+/m0/s1. The second-order valence-corrected chi connectivity index (χ2v) is 8.33. The van der Waals surface area contributed by atoms with Crippen molar-refractivity contribution >= 4 is 11.6 Å². The Bertz CT molecular complexity index is 1280. The fourth-order valence-electron chi connectivity index (χ4n) is 4.39. The van der Waals surface area contributed by atoms with Gasteiger partial charge in [0.25, 0.3) is 11.5 Å². The summed E-state index contributed by atoms with van der Waals surface area (Å²) >= 11 is 0. The van der Waals surface area contributed by atoms with Crippen molar-refractivity contribution in [2.75, 3.05) is 18.6 Å². The minimum absolute atomic E-state index is 0.00498. The van der Waals surface area contributed by atoms with Crippen molar-refractivity contribution in [3.8, 4) is 11.4 Å². The second-order valence-electron chi connectivity index (χ2n) is 8.33. The molecule has 4 rings (SSSR count). The van der Waals surface area contributed by atoms with Crippen molar-refractivity contribution in [3.05, 3.63) is 100 Å². The highest BCUT2D eigenvalue weighted by Gasteiger charge is 2.52. The number of amides is 1. The van der Waals surface area contributed by atoms with Crippen molar-refractivity contribution in [1.29, 1.82) is 0 Å². The maximum absolute atomic E-state index is 13.6. The minimum atomic E-state index is -1.70. The normalized spacial score (nSPS) is 18.4. The maximum atomic E-state index is 13.6. The van der Waals surface area contributed by atoms with Crippen LogP contribution >= 0.6 is 0 Å². The number of carbonyl (C=O) groups is 1. The van der Waals surface area contributed by atoms with Crippen molar-refractivity contribution < 1.29 is 19.7 Å². The van der Waals surface area contributed by atoms with Crippen LogP contribution < -0.4 is 15.2 Å². The molecule has 7 heteroatoms. The Labute approximate surface area is 198 Å². The Kier molecular flexibility index (Phi) is 6.68. The lowest BCUT2D eigenvalue weighted by Gasteiger charge is -2.27. The van der Waals surface area contributed by atoms with E-state index in [4.69, 9.17) is 9.84 Å². The largest absolute Gasteiger partial charge is 0.491 e. The number of anilines is 1. The van der Waals surface area contributed by atoms with Gasteiger partial charge in [-0.25, -0.2) is 0 Å². The molecule has 2 heterocycles. The van der Waals surface area contributed by atoms with Crippen molar-refractivity contribution in [2.24, 2.45) is 5.92 Å². The molecule has 3 aromatic rings. The predicted octanol–water partition coefficient (Wildman–Crippen LogP) is 3.16. The van der Waals surface area contributed by atoms with E-state index in [1.54, 1.807) is 54.4 Å². The summed E-state index contributed by atoms with van der Waals surface area (Å²) in [5.74, 6) is -0.650. The van der Waals surface area contributed by atoms with Gasteiger partial charge in [-0.2, -0.15) is 0 Å². The summed E-state index contributed by atoms with van der Waals surface area (Å²) < 4.78 is 6.64. The van der Waals surface area contributed by atoms with Gasteiger partial charge in [0.1, 0.15) is 0 Å². The molecule has 0 unspecified atom stereocenters. The molecule has 176 valence electrons. The molecule has 34 heavy (non-hydrogen) atoms. The summed E-state index contributed by atoms with van der Waals surface area (Å²) in [6.45, 7) is 2.03. The quantitative estimate of drug-likeness (QED) is 0.504. The fourth-order valence-corrected chi connectivity index (χ4v) is 4.39. The van der Waals surface area contributed by atoms with Crippen LogP contribution in [0.5, 0.6) is 5.75 Å². The third kappa shape index (κ3) is 4.04. The Hall–Kier alpha value is -3.68. The molecule has 1 aliphatic heterocycles. The second kappa shape index (κ2) is 9.67. The van der Waals surface area contributed by atoms with Crippen LogP contribution in [0.4, 0.5) is 5.69 Å². The number of hydrogen-bond donors (Lipinski definition) is 2. The van der Waals surface area contributed by atoms with Crippen LogP contribution in [0.1, 0.15) is 24.5 Å². The third-order valence-corrected chi connectivity index (χ3v) is 6.22. The highest BCUT2D eigenvalue weighted by molar-refractivity contribution is 6.07. The maximum Gasteiger partial charge on any atom is 0.297 e. The number of fused-ring (bicyclic) bond motifs is 1. The van der Waals surface area contributed by atoms with Gasteiger partial charge in [0, 0.05) is 30.0 Å². The molecule has 2 aromatic carbocycles. The SMILES string of the molecule is COc1cccn(-c2cccc(CN3C(=O)[C@@](O)([C@@H](C)/C=C/CCO)c4ccccc43)c2)c1=O. The number of aliphatic hydroxyl groups is 2. The molecule has 1 aromatic heterocycles. The van der Waals surface area contributed by atoms with Crippen LogP contribution in [-0.2, 0) is 16.9 Å².